The number of hydrogen-bond acceptors (Lipinski definition) is 5. The number of rotatable bonds is 7. The number of hydrogen-bond donors (Lipinski definition) is 2. The molecule has 0 saturated carbocycles. The molecule has 2 aromatic heterocycles. The van der Waals surface area contributed by atoms with Gasteiger partial charge in [0.1, 0.15) is 10.5 Å². The van der Waals surface area contributed by atoms with Crippen molar-refractivity contribution in [2.24, 2.45) is 0 Å². The number of halogens is 2. The maximum atomic E-state index is 12.4. The van der Waals surface area contributed by atoms with Crippen LogP contribution in [0.1, 0.15) is 19.2 Å². The van der Waals surface area contributed by atoms with Gasteiger partial charge in [-0.3, -0.25) is 14.5 Å². The number of thiophene rings is 1. The Balaban J connectivity index is 1.70. The summed E-state index contributed by atoms with van der Waals surface area (Å²) in [6, 6.07) is 6.72. The summed E-state index contributed by atoms with van der Waals surface area (Å²) in [5, 5.41) is 5.51. The second-order valence-electron chi connectivity index (χ2n) is 6.03. The zero-order valence-electron chi connectivity index (χ0n) is 14.6. The Bertz CT molecular complexity index is 1020. The first-order valence-electron chi connectivity index (χ1n) is 8.40. The summed E-state index contributed by atoms with van der Waals surface area (Å²) in [6.07, 6.45) is 0.861. The average molecular weight is 425 g/mol. The lowest BCUT2D eigenvalue weighted by Crippen LogP contribution is -2.34. The quantitative estimate of drug-likeness (QED) is 0.597. The van der Waals surface area contributed by atoms with Crippen LogP contribution in [0.5, 0.6) is 0 Å². The number of carbonyl (C=O) groups is 1. The van der Waals surface area contributed by atoms with E-state index in [2.05, 4.69) is 15.3 Å². The molecule has 2 heterocycles. The monoisotopic (exact) mass is 424 g/mol. The molecular formula is C18H18Cl2N4O2S. The summed E-state index contributed by atoms with van der Waals surface area (Å²) in [4.78, 5) is 33.8. The molecule has 0 bridgehead atoms. The fraction of sp³-hybridized carbons (Fsp3) is 0.278. The molecule has 0 unspecified atom stereocenters. The Morgan fingerprint density at radius 1 is 1.33 bits per heavy atom. The van der Waals surface area contributed by atoms with Gasteiger partial charge in [-0.2, -0.15) is 0 Å². The first-order chi connectivity index (χ1) is 13.0. The standard InChI is InChI=1S/C18H18Cl2N4O2S/c1-2-6-24(9-15-21-14-5-7-27-17(14)18(26)23-15)10-16(25)22-13-4-3-11(19)8-12(13)20/h3-5,7-8H,2,6,9-10H2,1H3,(H,22,25)(H,21,23,26). The van der Waals surface area contributed by atoms with E-state index in [-0.39, 0.29) is 18.0 Å². The number of amides is 1. The minimum Gasteiger partial charge on any atom is -0.324 e. The molecule has 0 aliphatic carbocycles. The highest BCUT2D eigenvalue weighted by atomic mass is 35.5. The Labute approximate surface area is 170 Å². The maximum absolute atomic E-state index is 12.4. The van der Waals surface area contributed by atoms with E-state index in [0.717, 1.165) is 6.42 Å². The van der Waals surface area contributed by atoms with Crippen LogP contribution in [0.3, 0.4) is 0 Å². The van der Waals surface area contributed by atoms with E-state index >= 15 is 0 Å². The van der Waals surface area contributed by atoms with Gasteiger partial charge in [0.25, 0.3) is 5.56 Å². The highest BCUT2D eigenvalue weighted by molar-refractivity contribution is 7.17. The van der Waals surface area contributed by atoms with E-state index in [1.54, 1.807) is 18.2 Å². The van der Waals surface area contributed by atoms with Gasteiger partial charge in [-0.15, -0.1) is 11.3 Å². The number of nitrogens with one attached hydrogen (secondary N) is 2. The SMILES string of the molecule is CCCN(CC(=O)Nc1ccc(Cl)cc1Cl)Cc1nc2ccsc2c(=O)[nH]1. The van der Waals surface area contributed by atoms with Gasteiger partial charge in [-0.05, 0) is 42.6 Å². The van der Waals surface area contributed by atoms with Gasteiger partial charge >= 0.3 is 0 Å². The van der Waals surface area contributed by atoms with Gasteiger partial charge in [0, 0.05) is 5.02 Å². The second-order valence-corrected chi connectivity index (χ2v) is 7.79. The smallest absolute Gasteiger partial charge is 0.268 e. The molecule has 9 heteroatoms. The number of benzene rings is 1. The van der Waals surface area contributed by atoms with Crippen molar-refractivity contribution in [3.63, 3.8) is 0 Å². The molecule has 3 rings (SSSR count). The van der Waals surface area contributed by atoms with Crippen LogP contribution in [-0.2, 0) is 11.3 Å². The van der Waals surface area contributed by atoms with Crippen LogP contribution in [-0.4, -0.2) is 33.9 Å². The van der Waals surface area contributed by atoms with Gasteiger partial charge in [0.15, 0.2) is 0 Å². The molecular weight excluding hydrogens is 407 g/mol. The average Bonchev–Trinajstić information content (AvgIpc) is 3.07. The van der Waals surface area contributed by atoms with Crippen molar-refractivity contribution in [1.82, 2.24) is 14.9 Å². The molecule has 0 fully saturated rings. The van der Waals surface area contributed by atoms with Crippen molar-refractivity contribution in [3.8, 4) is 0 Å². The number of aromatic nitrogens is 2. The first kappa shape index (κ1) is 19.8. The van der Waals surface area contributed by atoms with Crippen molar-refractivity contribution in [2.45, 2.75) is 19.9 Å². The number of aromatic amines is 1. The highest BCUT2D eigenvalue weighted by Crippen LogP contribution is 2.25. The van der Waals surface area contributed by atoms with Crippen LogP contribution in [0, 0.1) is 0 Å². The number of carbonyl (C=O) groups excluding carboxylic acids is 1. The molecule has 1 amide bonds. The minimum atomic E-state index is -0.202. The third-order valence-electron chi connectivity index (χ3n) is 3.85. The third-order valence-corrected chi connectivity index (χ3v) is 5.30. The van der Waals surface area contributed by atoms with Gasteiger partial charge < -0.3 is 10.3 Å². The van der Waals surface area contributed by atoms with Gasteiger partial charge in [0.2, 0.25) is 5.91 Å². The van der Waals surface area contributed by atoms with Crippen LogP contribution < -0.4 is 10.9 Å². The summed E-state index contributed by atoms with van der Waals surface area (Å²) in [7, 11) is 0. The third kappa shape index (κ3) is 5.07. The molecule has 0 saturated heterocycles. The molecule has 0 aliphatic heterocycles. The molecule has 6 nitrogen and oxygen atoms in total. The summed E-state index contributed by atoms with van der Waals surface area (Å²) in [5.74, 6) is 0.336. The molecule has 142 valence electrons. The topological polar surface area (TPSA) is 78.1 Å². The van der Waals surface area contributed by atoms with E-state index in [9.17, 15) is 9.59 Å². The fourth-order valence-electron chi connectivity index (χ4n) is 2.72. The van der Waals surface area contributed by atoms with Crippen molar-refractivity contribution in [1.29, 1.82) is 0 Å². The van der Waals surface area contributed by atoms with Crippen molar-refractivity contribution < 1.29 is 4.79 Å². The van der Waals surface area contributed by atoms with Crippen LogP contribution >= 0.6 is 34.5 Å². The molecule has 0 aliphatic rings. The number of nitrogens with zero attached hydrogens (tertiary/aromatic N) is 2. The van der Waals surface area contributed by atoms with Gasteiger partial charge in [-0.1, -0.05) is 30.1 Å². The molecule has 27 heavy (non-hydrogen) atoms. The van der Waals surface area contributed by atoms with E-state index in [1.807, 2.05) is 23.3 Å². The molecule has 2 N–H and O–H groups in total. The molecule has 3 aromatic rings. The van der Waals surface area contributed by atoms with Crippen molar-refractivity contribution >= 4 is 56.3 Å². The lowest BCUT2D eigenvalue weighted by molar-refractivity contribution is -0.117. The Kier molecular flexibility index (Phi) is 6.49. The second kappa shape index (κ2) is 8.84. The van der Waals surface area contributed by atoms with E-state index in [0.29, 0.717) is 44.9 Å². The van der Waals surface area contributed by atoms with Gasteiger partial charge in [0.05, 0.1) is 29.3 Å². The first-order valence-corrected chi connectivity index (χ1v) is 10.0. The summed E-state index contributed by atoms with van der Waals surface area (Å²) < 4.78 is 0.607. The largest absolute Gasteiger partial charge is 0.324 e. The molecule has 0 radical (unpaired) electrons. The van der Waals surface area contributed by atoms with Crippen LogP contribution in [0.4, 0.5) is 5.69 Å². The molecule has 0 atom stereocenters. The van der Waals surface area contributed by atoms with Gasteiger partial charge in [-0.25, -0.2) is 4.98 Å². The van der Waals surface area contributed by atoms with Crippen molar-refractivity contribution in [2.75, 3.05) is 18.4 Å². The molecule has 0 spiro atoms. The fourth-order valence-corrected chi connectivity index (χ4v) is 3.90. The lowest BCUT2D eigenvalue weighted by atomic mass is 10.3. The highest BCUT2D eigenvalue weighted by Gasteiger charge is 2.14. The summed E-state index contributed by atoms with van der Waals surface area (Å²) in [6.45, 7) is 3.24. The van der Waals surface area contributed by atoms with Crippen LogP contribution in [0.2, 0.25) is 10.0 Å². The maximum Gasteiger partial charge on any atom is 0.268 e. The Morgan fingerprint density at radius 3 is 2.89 bits per heavy atom. The Morgan fingerprint density at radius 2 is 2.15 bits per heavy atom. The van der Waals surface area contributed by atoms with Crippen LogP contribution in [0.15, 0.2) is 34.4 Å². The summed E-state index contributed by atoms with van der Waals surface area (Å²) >= 11 is 13.3. The Hall–Kier alpha value is -1.93. The summed E-state index contributed by atoms with van der Waals surface area (Å²) in [5.41, 5.74) is 1.03. The lowest BCUT2D eigenvalue weighted by Gasteiger charge is -2.20. The predicted molar refractivity (Wildman–Crippen MR) is 111 cm³/mol. The number of H-pyrrole nitrogens is 1. The predicted octanol–water partition coefficient (Wildman–Crippen LogP) is 4.14. The zero-order chi connectivity index (χ0) is 19.4. The van der Waals surface area contributed by atoms with E-state index < -0.39 is 0 Å². The van der Waals surface area contributed by atoms with Crippen molar-refractivity contribution in [3.05, 3.63) is 55.9 Å². The van der Waals surface area contributed by atoms with Crippen LogP contribution in [0.25, 0.3) is 10.2 Å². The van der Waals surface area contributed by atoms with E-state index in [1.165, 1.54) is 11.3 Å². The zero-order valence-corrected chi connectivity index (χ0v) is 16.9. The normalized spacial score (nSPS) is 11.3. The molecule has 1 aromatic carbocycles. The number of fused-ring (bicyclic) bond motifs is 1. The number of anilines is 1. The minimum absolute atomic E-state index is 0.151. The van der Waals surface area contributed by atoms with E-state index in [4.69, 9.17) is 23.2 Å².